The average molecular weight is 314 g/mol. The molecule has 0 bridgehead atoms. The number of nitro benzene ring substituents is 1. The van der Waals surface area contributed by atoms with Crippen LogP contribution in [0.5, 0.6) is 0 Å². The lowest BCUT2D eigenvalue weighted by Gasteiger charge is -2.04. The first-order valence-electron chi connectivity index (χ1n) is 4.22. The fraction of sp³-hybridized carbons (Fsp3) is 0. The van der Waals surface area contributed by atoms with Crippen LogP contribution in [0.2, 0.25) is 0 Å². The van der Waals surface area contributed by atoms with Gasteiger partial charge in [-0.1, -0.05) is 18.2 Å². The van der Waals surface area contributed by atoms with Crippen LogP contribution in [0.25, 0.3) is 10.8 Å². The number of rotatable bonds is 1. The molecule has 0 aromatic heterocycles. The summed E-state index contributed by atoms with van der Waals surface area (Å²) in [7, 11) is 0. The van der Waals surface area contributed by atoms with Crippen LogP contribution in [-0.2, 0) is 0 Å². The van der Waals surface area contributed by atoms with Crippen LogP contribution in [0.4, 0.5) is 11.4 Å². The molecule has 2 aromatic carbocycles. The highest BCUT2D eigenvalue weighted by Gasteiger charge is 2.15. The molecule has 5 heteroatoms. The fourth-order valence-electron chi connectivity index (χ4n) is 1.50. The van der Waals surface area contributed by atoms with E-state index >= 15 is 0 Å². The lowest BCUT2D eigenvalue weighted by atomic mass is 10.1. The van der Waals surface area contributed by atoms with Crippen molar-refractivity contribution >= 4 is 44.7 Å². The van der Waals surface area contributed by atoms with Gasteiger partial charge in [0.05, 0.1) is 16.0 Å². The molecule has 2 aromatic rings. The first-order valence-corrected chi connectivity index (χ1v) is 5.30. The number of non-ortho nitro benzene ring substituents is 1. The largest absolute Gasteiger partial charge is 0.397 e. The molecular formula is C10H7IN2O2. The molecule has 0 atom stereocenters. The SMILES string of the molecule is Nc1c(I)cc([N+](=O)[O-])c2ccccc12. The predicted molar refractivity (Wildman–Crippen MR) is 67.7 cm³/mol. The number of hydrogen-bond acceptors (Lipinski definition) is 3. The van der Waals surface area contributed by atoms with Gasteiger partial charge in [-0.05, 0) is 28.7 Å². The fourth-order valence-corrected chi connectivity index (χ4v) is 2.08. The van der Waals surface area contributed by atoms with Crippen LogP contribution in [0.3, 0.4) is 0 Å². The lowest BCUT2D eigenvalue weighted by molar-refractivity contribution is -0.383. The van der Waals surface area contributed by atoms with E-state index in [0.717, 1.165) is 5.39 Å². The Bertz CT molecular complexity index is 554. The Hall–Kier alpha value is -1.37. The molecule has 0 heterocycles. The second-order valence-electron chi connectivity index (χ2n) is 3.09. The summed E-state index contributed by atoms with van der Waals surface area (Å²) in [5.41, 5.74) is 6.55. The van der Waals surface area contributed by atoms with Crippen LogP contribution in [0.15, 0.2) is 30.3 Å². The van der Waals surface area contributed by atoms with Gasteiger partial charge >= 0.3 is 0 Å². The zero-order valence-corrected chi connectivity index (χ0v) is 9.76. The normalized spacial score (nSPS) is 10.5. The third-order valence-electron chi connectivity index (χ3n) is 2.21. The summed E-state index contributed by atoms with van der Waals surface area (Å²) in [6.45, 7) is 0. The van der Waals surface area contributed by atoms with Gasteiger partial charge in [0.25, 0.3) is 5.69 Å². The van der Waals surface area contributed by atoms with Gasteiger partial charge in [-0.2, -0.15) is 0 Å². The molecular weight excluding hydrogens is 307 g/mol. The molecule has 15 heavy (non-hydrogen) atoms. The summed E-state index contributed by atoms with van der Waals surface area (Å²) < 4.78 is 0.706. The second-order valence-corrected chi connectivity index (χ2v) is 4.26. The molecule has 4 nitrogen and oxygen atoms in total. The van der Waals surface area contributed by atoms with E-state index in [4.69, 9.17) is 5.73 Å². The first kappa shape index (κ1) is 10.2. The number of nitrogens with two attached hydrogens (primary N) is 1. The number of anilines is 1. The van der Waals surface area contributed by atoms with E-state index in [-0.39, 0.29) is 10.6 Å². The smallest absolute Gasteiger partial charge is 0.278 e. The number of nitro groups is 1. The molecule has 76 valence electrons. The van der Waals surface area contributed by atoms with Gasteiger partial charge in [0.2, 0.25) is 0 Å². The van der Waals surface area contributed by atoms with Crippen LogP contribution in [0.1, 0.15) is 0 Å². The Morgan fingerprint density at radius 2 is 1.87 bits per heavy atom. The number of nitrogens with zero attached hydrogens (tertiary/aromatic N) is 1. The number of nitrogen functional groups attached to an aromatic ring is 1. The topological polar surface area (TPSA) is 69.2 Å². The third kappa shape index (κ3) is 1.63. The van der Waals surface area contributed by atoms with Crippen molar-refractivity contribution in [1.29, 1.82) is 0 Å². The molecule has 0 unspecified atom stereocenters. The average Bonchev–Trinajstić information content (AvgIpc) is 2.23. The van der Waals surface area contributed by atoms with Crippen molar-refractivity contribution in [2.75, 3.05) is 5.73 Å². The Morgan fingerprint density at radius 3 is 2.47 bits per heavy atom. The monoisotopic (exact) mass is 314 g/mol. The van der Waals surface area contributed by atoms with Crippen LogP contribution in [-0.4, -0.2) is 4.92 Å². The standard InChI is InChI=1S/C10H7IN2O2/c11-8-5-9(13(14)15)6-3-1-2-4-7(6)10(8)12/h1-5H,12H2. The highest BCUT2D eigenvalue weighted by molar-refractivity contribution is 14.1. The van der Waals surface area contributed by atoms with Gasteiger partial charge in [0.1, 0.15) is 0 Å². The predicted octanol–water partition coefficient (Wildman–Crippen LogP) is 2.93. The molecule has 0 aliphatic rings. The van der Waals surface area contributed by atoms with Crippen molar-refractivity contribution in [3.05, 3.63) is 44.0 Å². The quantitative estimate of drug-likeness (QED) is 0.381. The summed E-state index contributed by atoms with van der Waals surface area (Å²) in [5.74, 6) is 0. The van der Waals surface area contributed by atoms with Gasteiger partial charge < -0.3 is 5.73 Å². The number of benzene rings is 2. The minimum atomic E-state index is -0.385. The van der Waals surface area contributed by atoms with E-state index in [9.17, 15) is 10.1 Å². The zero-order chi connectivity index (χ0) is 11.0. The van der Waals surface area contributed by atoms with Crippen LogP contribution < -0.4 is 5.73 Å². The number of hydrogen-bond donors (Lipinski definition) is 1. The molecule has 0 saturated carbocycles. The number of fused-ring (bicyclic) bond motifs is 1. The molecule has 2 rings (SSSR count). The van der Waals surface area contributed by atoms with E-state index in [1.54, 1.807) is 18.2 Å². The molecule has 0 amide bonds. The highest BCUT2D eigenvalue weighted by Crippen LogP contribution is 2.33. The summed E-state index contributed by atoms with van der Waals surface area (Å²) >= 11 is 2.00. The van der Waals surface area contributed by atoms with Gasteiger partial charge in [0.15, 0.2) is 0 Å². The lowest BCUT2D eigenvalue weighted by Crippen LogP contribution is -1.96. The first-order chi connectivity index (χ1) is 7.11. The minimum Gasteiger partial charge on any atom is -0.397 e. The summed E-state index contributed by atoms with van der Waals surface area (Å²) in [4.78, 5) is 10.5. The minimum absolute atomic E-state index is 0.101. The van der Waals surface area contributed by atoms with Crippen molar-refractivity contribution < 1.29 is 4.92 Å². The summed E-state index contributed by atoms with van der Waals surface area (Å²) in [6, 6.07) is 8.58. The van der Waals surface area contributed by atoms with Crippen molar-refractivity contribution in [2.45, 2.75) is 0 Å². The van der Waals surface area contributed by atoms with Gasteiger partial charge in [-0.15, -0.1) is 0 Å². The Kier molecular flexibility index (Phi) is 2.47. The molecule has 0 radical (unpaired) electrons. The van der Waals surface area contributed by atoms with Crippen molar-refractivity contribution in [1.82, 2.24) is 0 Å². The van der Waals surface area contributed by atoms with Crippen LogP contribution in [0, 0.1) is 13.7 Å². The van der Waals surface area contributed by atoms with E-state index < -0.39 is 0 Å². The Labute approximate surface area is 99.4 Å². The number of halogens is 1. The summed E-state index contributed by atoms with van der Waals surface area (Å²) in [6.07, 6.45) is 0. The van der Waals surface area contributed by atoms with Crippen molar-refractivity contribution in [2.24, 2.45) is 0 Å². The van der Waals surface area contributed by atoms with Gasteiger partial charge in [-0.3, -0.25) is 10.1 Å². The molecule has 0 aliphatic carbocycles. The molecule has 0 saturated heterocycles. The van der Waals surface area contributed by atoms with Gasteiger partial charge in [0, 0.05) is 15.0 Å². The Morgan fingerprint density at radius 1 is 1.27 bits per heavy atom. The molecule has 2 N–H and O–H groups in total. The van der Waals surface area contributed by atoms with Crippen LogP contribution >= 0.6 is 22.6 Å². The van der Waals surface area contributed by atoms with Crippen molar-refractivity contribution in [3.63, 3.8) is 0 Å². The highest BCUT2D eigenvalue weighted by atomic mass is 127. The molecule has 0 aliphatic heterocycles. The maximum absolute atomic E-state index is 10.8. The Balaban J connectivity index is 2.94. The maximum Gasteiger partial charge on any atom is 0.278 e. The van der Waals surface area contributed by atoms with E-state index in [2.05, 4.69) is 0 Å². The molecule has 0 fully saturated rings. The maximum atomic E-state index is 10.8. The third-order valence-corrected chi connectivity index (χ3v) is 3.10. The zero-order valence-electron chi connectivity index (χ0n) is 7.61. The summed E-state index contributed by atoms with van der Waals surface area (Å²) in [5, 5.41) is 12.2. The van der Waals surface area contributed by atoms with Gasteiger partial charge in [-0.25, -0.2) is 0 Å². The van der Waals surface area contributed by atoms with E-state index in [0.29, 0.717) is 14.6 Å². The van der Waals surface area contributed by atoms with E-state index in [1.807, 2.05) is 28.7 Å². The molecule has 0 spiro atoms. The second kappa shape index (κ2) is 3.65. The van der Waals surface area contributed by atoms with Crippen molar-refractivity contribution in [3.8, 4) is 0 Å². The van der Waals surface area contributed by atoms with E-state index in [1.165, 1.54) is 6.07 Å².